The van der Waals surface area contributed by atoms with E-state index >= 15 is 0 Å². The molecule has 286 valence electrons. The van der Waals surface area contributed by atoms with E-state index in [9.17, 15) is 72.2 Å². The molecule has 1 atom stereocenters. The highest BCUT2D eigenvalue weighted by molar-refractivity contribution is 6.02. The number of hydrogen-bond acceptors (Lipinski definition) is 4. The number of para-hydroxylation sites is 1. The first-order valence-electron chi connectivity index (χ1n) is 15.6. The summed E-state index contributed by atoms with van der Waals surface area (Å²) in [5.74, 6) is -3.87. The van der Waals surface area contributed by atoms with Gasteiger partial charge in [0.1, 0.15) is 11.5 Å². The minimum Gasteiger partial charge on any atom is -0.480 e. The first-order valence-corrected chi connectivity index (χ1v) is 15.6. The number of nitrogens with zero attached hydrogens (tertiary/aromatic N) is 2. The quantitative estimate of drug-likeness (QED) is 0.189. The number of nitrogens with one attached hydrogen (secondary N) is 1. The highest BCUT2D eigenvalue weighted by atomic mass is 19.4. The molecule has 0 saturated carbocycles. The third-order valence-electron chi connectivity index (χ3n) is 9.51. The van der Waals surface area contributed by atoms with E-state index in [0.29, 0.717) is 0 Å². The molecule has 5 rings (SSSR count). The summed E-state index contributed by atoms with van der Waals surface area (Å²) in [6.07, 6.45) is -26.3. The van der Waals surface area contributed by atoms with Crippen molar-refractivity contribution in [3.05, 3.63) is 82.1 Å². The lowest BCUT2D eigenvalue weighted by Gasteiger charge is -2.44. The second kappa shape index (κ2) is 13.6. The van der Waals surface area contributed by atoms with Gasteiger partial charge >= 0.3 is 30.7 Å². The van der Waals surface area contributed by atoms with Crippen LogP contribution in [0, 0.1) is 5.41 Å². The molecule has 0 radical (unpaired) electrons. The summed E-state index contributed by atoms with van der Waals surface area (Å²) < 4.78 is 168. The van der Waals surface area contributed by atoms with Gasteiger partial charge in [-0.25, -0.2) is 4.79 Å². The van der Waals surface area contributed by atoms with E-state index in [1.54, 1.807) is 5.32 Å². The van der Waals surface area contributed by atoms with Crippen LogP contribution < -0.4 is 10.9 Å². The molecule has 53 heavy (non-hydrogen) atoms. The first kappa shape index (κ1) is 39.4. The van der Waals surface area contributed by atoms with Gasteiger partial charge in [0.05, 0.1) is 16.6 Å². The van der Waals surface area contributed by atoms with Gasteiger partial charge < -0.3 is 15.0 Å². The van der Waals surface area contributed by atoms with Crippen molar-refractivity contribution in [3.63, 3.8) is 0 Å². The number of carboxylic acids is 1. The lowest BCUT2D eigenvalue weighted by atomic mass is 9.76. The number of carbonyl (C=O) groups is 2. The van der Waals surface area contributed by atoms with Crippen LogP contribution in [0.3, 0.4) is 0 Å². The number of alkyl halides is 12. The zero-order valence-electron chi connectivity index (χ0n) is 27.1. The van der Waals surface area contributed by atoms with Gasteiger partial charge in [0.2, 0.25) is 11.9 Å². The van der Waals surface area contributed by atoms with E-state index in [-0.39, 0.29) is 37.7 Å². The summed E-state index contributed by atoms with van der Waals surface area (Å²) in [5.41, 5.74) is -6.79. The number of carbonyl (C=O) groups excluding carboxylic acids is 1. The molecule has 0 bridgehead atoms. The zero-order chi connectivity index (χ0) is 39.5. The monoisotopic (exact) mass is 769 g/mol. The number of hydrogen-bond donors (Lipinski definition) is 2. The van der Waals surface area contributed by atoms with Crippen LogP contribution in [0.15, 0.2) is 65.5 Å². The number of amides is 1. The summed E-state index contributed by atoms with van der Waals surface area (Å²) in [6, 6.07) is 6.77. The average molecular weight is 770 g/mol. The Kier molecular flexibility index (Phi) is 10.1. The van der Waals surface area contributed by atoms with E-state index in [4.69, 9.17) is 0 Å². The van der Waals surface area contributed by atoms with Crippen LogP contribution in [0.1, 0.15) is 24.0 Å². The molecule has 0 spiro atoms. The molecule has 2 N–H and O–H groups in total. The Balaban J connectivity index is 1.52. The van der Waals surface area contributed by atoms with Crippen molar-refractivity contribution < 1.29 is 67.4 Å². The molecule has 1 aromatic heterocycles. The van der Waals surface area contributed by atoms with E-state index in [1.807, 2.05) is 0 Å². The molecule has 3 aromatic carbocycles. The first-order chi connectivity index (χ1) is 24.4. The summed E-state index contributed by atoms with van der Waals surface area (Å²) in [7, 11) is 1.27. The van der Waals surface area contributed by atoms with Crippen molar-refractivity contribution >= 4 is 33.6 Å². The van der Waals surface area contributed by atoms with Gasteiger partial charge in [-0.1, -0.05) is 54.6 Å². The Hall–Kier alpha value is -4.81. The number of piperidine rings is 1. The van der Waals surface area contributed by atoms with Crippen LogP contribution in [-0.4, -0.2) is 70.2 Å². The largest absolute Gasteiger partial charge is 0.480 e. The second-order valence-corrected chi connectivity index (χ2v) is 12.6. The lowest BCUT2D eigenvalue weighted by Crippen LogP contribution is -2.63. The Morgan fingerprint density at radius 2 is 1.34 bits per heavy atom. The maximum atomic E-state index is 14.6. The number of rotatable bonds is 7. The third kappa shape index (κ3) is 7.26. The number of aryl methyl sites for hydroxylation is 1. The molecule has 4 aromatic rings. The predicted molar refractivity (Wildman–Crippen MR) is 166 cm³/mol. The third-order valence-corrected chi connectivity index (χ3v) is 9.51. The van der Waals surface area contributed by atoms with E-state index < -0.39 is 103 Å². The van der Waals surface area contributed by atoms with Gasteiger partial charge in [-0.15, -0.1) is 0 Å². The SMILES string of the molecule is Cn1c(=O)c(-c2cccc3c(C[C@H](NC(=O)C4(C(F)(F)F)CCN(C(C(F)(F)F)C(F)(F)F)CC4)C(=O)O)cccc23)c(C(F)(F)F)c2ccccc21. The number of fused-ring (bicyclic) bond motifs is 2. The smallest absolute Gasteiger partial charge is 0.417 e. The number of pyridine rings is 1. The summed E-state index contributed by atoms with van der Waals surface area (Å²) in [5, 5.41) is 11.5. The van der Waals surface area contributed by atoms with Crippen molar-refractivity contribution in [2.45, 2.75) is 56.1 Å². The molecule has 1 fully saturated rings. The van der Waals surface area contributed by atoms with Crippen LogP contribution in [-0.2, 0) is 29.2 Å². The molecule has 0 unspecified atom stereocenters. The van der Waals surface area contributed by atoms with Crippen molar-refractivity contribution in [1.82, 2.24) is 14.8 Å². The molecular formula is C34H27F12N3O4. The minimum atomic E-state index is -5.90. The Labute approximate surface area is 290 Å². The van der Waals surface area contributed by atoms with Gasteiger partial charge in [0.15, 0.2) is 0 Å². The Bertz CT molecular complexity index is 2100. The lowest BCUT2D eigenvalue weighted by molar-refractivity contribution is -0.296. The Morgan fingerprint density at radius 3 is 1.89 bits per heavy atom. The zero-order valence-corrected chi connectivity index (χ0v) is 27.1. The van der Waals surface area contributed by atoms with Crippen molar-refractivity contribution in [3.8, 4) is 11.1 Å². The maximum absolute atomic E-state index is 14.6. The summed E-state index contributed by atoms with van der Waals surface area (Å²) in [4.78, 5) is 38.8. The normalized spacial score (nSPS) is 16.6. The molecule has 1 saturated heterocycles. The number of benzene rings is 3. The van der Waals surface area contributed by atoms with Crippen molar-refractivity contribution in [1.29, 1.82) is 0 Å². The van der Waals surface area contributed by atoms with Gasteiger partial charge in [-0.2, -0.15) is 52.7 Å². The summed E-state index contributed by atoms with van der Waals surface area (Å²) >= 11 is 0. The molecule has 1 aliphatic heterocycles. The van der Waals surface area contributed by atoms with Crippen molar-refractivity contribution in [2.75, 3.05) is 13.1 Å². The van der Waals surface area contributed by atoms with Gasteiger partial charge in [0.25, 0.3) is 5.56 Å². The highest BCUT2D eigenvalue weighted by Gasteiger charge is 2.65. The molecule has 1 aliphatic rings. The number of aromatic nitrogens is 1. The van der Waals surface area contributed by atoms with Crippen LogP contribution in [0.4, 0.5) is 52.7 Å². The number of halogens is 12. The summed E-state index contributed by atoms with van der Waals surface area (Å²) in [6.45, 7) is -2.93. The standard InChI is InChI=1S/C34H27F12N3O4/c1-48-23-11-3-2-7-21(23)25(31(35,36)37)24(26(48)50)20-10-5-8-18-17(6-4-9-19(18)20)16-22(27(51)52)47-29(53)30(34(44,45)46)12-14-49(15-13-30)28(32(38,39)40)33(41,42)43/h2-11,22,28H,12-16H2,1H3,(H,47,53)(H,51,52)/t22-/m0/s1. The molecular weight excluding hydrogens is 742 g/mol. The van der Waals surface area contributed by atoms with Crippen molar-refractivity contribution in [2.24, 2.45) is 12.5 Å². The van der Waals surface area contributed by atoms with Crippen LogP contribution in [0.2, 0.25) is 0 Å². The Morgan fingerprint density at radius 1 is 0.792 bits per heavy atom. The number of aliphatic carboxylic acids is 1. The fourth-order valence-corrected chi connectivity index (χ4v) is 6.93. The molecule has 2 heterocycles. The van der Waals surface area contributed by atoms with Crippen LogP contribution >= 0.6 is 0 Å². The predicted octanol–water partition coefficient (Wildman–Crippen LogP) is 7.63. The second-order valence-electron chi connectivity index (χ2n) is 12.6. The highest BCUT2D eigenvalue weighted by Crippen LogP contribution is 2.49. The molecule has 19 heteroatoms. The fraction of sp³-hybridized carbons (Fsp3) is 0.382. The van der Waals surface area contributed by atoms with Crippen LogP contribution in [0.5, 0.6) is 0 Å². The van der Waals surface area contributed by atoms with Gasteiger partial charge in [-0.3, -0.25) is 14.5 Å². The molecule has 0 aliphatic carbocycles. The number of likely N-dealkylation sites (tertiary alicyclic amines) is 1. The van der Waals surface area contributed by atoms with Crippen LogP contribution in [0.25, 0.3) is 32.8 Å². The molecule has 7 nitrogen and oxygen atoms in total. The van der Waals surface area contributed by atoms with E-state index in [1.165, 1.54) is 67.7 Å². The van der Waals surface area contributed by atoms with E-state index in [2.05, 4.69) is 0 Å². The molecule has 1 amide bonds. The number of carboxylic acid groups (broad SMARTS) is 1. The minimum absolute atomic E-state index is 0.00250. The maximum Gasteiger partial charge on any atom is 0.417 e. The fourth-order valence-electron chi connectivity index (χ4n) is 6.93. The van der Waals surface area contributed by atoms with E-state index in [0.717, 1.165) is 4.57 Å². The van der Waals surface area contributed by atoms with Gasteiger partial charge in [0, 0.05) is 31.9 Å². The topological polar surface area (TPSA) is 91.6 Å². The average Bonchev–Trinajstić information content (AvgIpc) is 3.03. The van der Waals surface area contributed by atoms with Gasteiger partial charge in [-0.05, 0) is 40.8 Å².